The minimum Gasteiger partial charge on any atom is -0.475 e. The molecule has 0 atom stereocenters. The summed E-state index contributed by atoms with van der Waals surface area (Å²) in [7, 11) is 0. The third-order valence-electron chi connectivity index (χ3n) is 1.82. The molecule has 1 N–H and O–H groups in total. The first-order valence-corrected chi connectivity index (χ1v) is 4.29. The second-order valence-corrected chi connectivity index (χ2v) is 3.00. The Bertz CT molecular complexity index is 491. The molecule has 2 aromatic rings. The number of furan rings is 1. The van der Waals surface area contributed by atoms with Crippen molar-refractivity contribution < 1.29 is 14.3 Å². The van der Waals surface area contributed by atoms with E-state index in [0.29, 0.717) is 17.1 Å². The molecule has 0 aliphatic rings. The van der Waals surface area contributed by atoms with Gasteiger partial charge >= 0.3 is 5.97 Å². The van der Waals surface area contributed by atoms with Crippen LogP contribution in [-0.2, 0) is 0 Å². The molecule has 0 spiro atoms. The second-order valence-electron chi connectivity index (χ2n) is 3.00. The van der Waals surface area contributed by atoms with Crippen molar-refractivity contribution in [3.63, 3.8) is 0 Å². The minimum absolute atomic E-state index is 0.221. The molecule has 0 fully saturated rings. The van der Waals surface area contributed by atoms with E-state index in [9.17, 15) is 4.79 Å². The summed E-state index contributed by atoms with van der Waals surface area (Å²) in [4.78, 5) is 18.4. The van der Waals surface area contributed by atoms with Crippen LogP contribution in [0.1, 0.15) is 16.3 Å². The maximum Gasteiger partial charge on any atom is 0.373 e. The molecular formula is C10H8N2O3. The van der Waals surface area contributed by atoms with E-state index in [-0.39, 0.29) is 5.82 Å². The van der Waals surface area contributed by atoms with E-state index < -0.39 is 5.97 Å². The average Bonchev–Trinajstić information content (AvgIpc) is 2.69. The van der Waals surface area contributed by atoms with Crippen LogP contribution in [0.2, 0.25) is 0 Å². The highest BCUT2D eigenvalue weighted by molar-refractivity contribution is 5.83. The summed E-state index contributed by atoms with van der Waals surface area (Å²) in [5, 5.41) is 8.78. The minimum atomic E-state index is -1.15. The van der Waals surface area contributed by atoms with Gasteiger partial charge in [-0.05, 0) is 25.1 Å². The van der Waals surface area contributed by atoms with E-state index in [1.54, 1.807) is 25.1 Å². The van der Waals surface area contributed by atoms with Gasteiger partial charge in [0.05, 0.1) is 6.26 Å². The Balaban J connectivity index is 2.54. The topological polar surface area (TPSA) is 76.2 Å². The van der Waals surface area contributed by atoms with E-state index in [1.807, 2.05) is 0 Å². The number of carboxylic acid groups (broad SMARTS) is 1. The Morgan fingerprint density at radius 1 is 1.47 bits per heavy atom. The van der Waals surface area contributed by atoms with Crippen LogP contribution in [0.25, 0.3) is 11.5 Å². The molecule has 2 rings (SSSR count). The molecule has 0 radical (unpaired) electrons. The van der Waals surface area contributed by atoms with Gasteiger partial charge in [0.1, 0.15) is 5.69 Å². The quantitative estimate of drug-likeness (QED) is 0.806. The van der Waals surface area contributed by atoms with Gasteiger partial charge in [0.2, 0.25) is 5.82 Å². The van der Waals surface area contributed by atoms with Gasteiger partial charge in [0.25, 0.3) is 0 Å². The second kappa shape index (κ2) is 3.53. The molecule has 5 nitrogen and oxygen atoms in total. The Kier molecular flexibility index (Phi) is 2.21. The zero-order valence-corrected chi connectivity index (χ0v) is 7.97. The van der Waals surface area contributed by atoms with Gasteiger partial charge < -0.3 is 9.52 Å². The van der Waals surface area contributed by atoms with Gasteiger partial charge in [-0.25, -0.2) is 14.8 Å². The van der Waals surface area contributed by atoms with Crippen molar-refractivity contribution >= 4 is 5.97 Å². The van der Waals surface area contributed by atoms with E-state index in [4.69, 9.17) is 9.52 Å². The SMILES string of the molecule is Cc1cc(-c2ccco2)nc(C(=O)O)n1. The third kappa shape index (κ3) is 1.85. The van der Waals surface area contributed by atoms with Gasteiger partial charge in [-0.15, -0.1) is 0 Å². The lowest BCUT2D eigenvalue weighted by molar-refractivity contribution is 0.0683. The number of hydrogen-bond acceptors (Lipinski definition) is 4. The van der Waals surface area contributed by atoms with Gasteiger partial charge in [-0.2, -0.15) is 0 Å². The van der Waals surface area contributed by atoms with Crippen LogP contribution in [0.15, 0.2) is 28.9 Å². The Labute approximate surface area is 85.4 Å². The van der Waals surface area contributed by atoms with Crippen molar-refractivity contribution in [3.8, 4) is 11.5 Å². The molecule has 0 aliphatic heterocycles. The average molecular weight is 204 g/mol. The molecular weight excluding hydrogens is 196 g/mol. The summed E-state index contributed by atoms with van der Waals surface area (Å²) in [5.74, 6) is -0.837. The highest BCUT2D eigenvalue weighted by Crippen LogP contribution is 2.17. The summed E-state index contributed by atoms with van der Waals surface area (Å²) >= 11 is 0. The highest BCUT2D eigenvalue weighted by atomic mass is 16.4. The maximum atomic E-state index is 10.7. The van der Waals surface area contributed by atoms with Crippen LogP contribution in [0.5, 0.6) is 0 Å². The van der Waals surface area contributed by atoms with Crippen molar-refractivity contribution in [2.45, 2.75) is 6.92 Å². The monoisotopic (exact) mass is 204 g/mol. The molecule has 0 saturated carbocycles. The number of nitrogens with zero attached hydrogens (tertiary/aromatic N) is 2. The lowest BCUT2D eigenvalue weighted by Gasteiger charge is -2.00. The van der Waals surface area contributed by atoms with Crippen molar-refractivity contribution in [2.24, 2.45) is 0 Å². The molecule has 15 heavy (non-hydrogen) atoms. The van der Waals surface area contributed by atoms with E-state index in [0.717, 1.165) is 0 Å². The number of rotatable bonds is 2. The summed E-state index contributed by atoms with van der Waals surface area (Å²) in [6.07, 6.45) is 1.51. The summed E-state index contributed by atoms with van der Waals surface area (Å²) in [6.45, 7) is 1.71. The van der Waals surface area contributed by atoms with Crippen LogP contribution in [0, 0.1) is 6.92 Å². The predicted octanol–water partition coefficient (Wildman–Crippen LogP) is 1.74. The van der Waals surface area contributed by atoms with Crippen molar-refractivity contribution in [1.82, 2.24) is 9.97 Å². The molecule has 76 valence electrons. The molecule has 2 heterocycles. The molecule has 2 aromatic heterocycles. The molecule has 0 unspecified atom stereocenters. The van der Waals surface area contributed by atoms with Crippen molar-refractivity contribution in [1.29, 1.82) is 0 Å². The Morgan fingerprint density at radius 3 is 2.87 bits per heavy atom. The molecule has 0 aliphatic carbocycles. The van der Waals surface area contributed by atoms with E-state index in [1.165, 1.54) is 6.26 Å². The fourth-order valence-corrected chi connectivity index (χ4v) is 1.21. The summed E-state index contributed by atoms with van der Waals surface area (Å²) in [6, 6.07) is 5.10. The largest absolute Gasteiger partial charge is 0.475 e. The smallest absolute Gasteiger partial charge is 0.373 e. The lowest BCUT2D eigenvalue weighted by Crippen LogP contribution is -2.05. The number of carbonyl (C=O) groups is 1. The third-order valence-corrected chi connectivity index (χ3v) is 1.82. The Morgan fingerprint density at radius 2 is 2.27 bits per heavy atom. The van der Waals surface area contributed by atoms with Crippen LogP contribution in [0.3, 0.4) is 0 Å². The van der Waals surface area contributed by atoms with Gasteiger partial charge in [0.15, 0.2) is 5.76 Å². The first-order chi connectivity index (χ1) is 7.16. The van der Waals surface area contributed by atoms with Gasteiger partial charge in [0, 0.05) is 5.69 Å². The molecule has 0 amide bonds. The lowest BCUT2D eigenvalue weighted by atomic mass is 10.3. The zero-order valence-electron chi connectivity index (χ0n) is 7.97. The zero-order chi connectivity index (χ0) is 10.8. The molecule has 0 saturated heterocycles. The number of aryl methyl sites for hydroxylation is 1. The van der Waals surface area contributed by atoms with E-state index >= 15 is 0 Å². The maximum absolute atomic E-state index is 10.7. The van der Waals surface area contributed by atoms with E-state index in [2.05, 4.69) is 9.97 Å². The van der Waals surface area contributed by atoms with Gasteiger partial charge in [-0.1, -0.05) is 0 Å². The standard InChI is InChI=1S/C10H8N2O3/c1-6-5-7(8-3-2-4-15-8)12-9(11-6)10(13)14/h2-5H,1H3,(H,13,14). The number of aromatic carboxylic acids is 1. The number of aromatic nitrogens is 2. The van der Waals surface area contributed by atoms with Crippen LogP contribution in [-0.4, -0.2) is 21.0 Å². The predicted molar refractivity (Wildman–Crippen MR) is 51.4 cm³/mol. The van der Waals surface area contributed by atoms with Crippen LogP contribution in [0.4, 0.5) is 0 Å². The fraction of sp³-hybridized carbons (Fsp3) is 0.100. The molecule has 0 aromatic carbocycles. The highest BCUT2D eigenvalue weighted by Gasteiger charge is 2.11. The van der Waals surface area contributed by atoms with Gasteiger partial charge in [-0.3, -0.25) is 0 Å². The number of carboxylic acids is 1. The van der Waals surface area contributed by atoms with Crippen LogP contribution < -0.4 is 0 Å². The molecule has 5 heteroatoms. The number of hydrogen-bond donors (Lipinski definition) is 1. The van der Waals surface area contributed by atoms with Crippen molar-refractivity contribution in [2.75, 3.05) is 0 Å². The first-order valence-electron chi connectivity index (χ1n) is 4.29. The fourth-order valence-electron chi connectivity index (χ4n) is 1.21. The first kappa shape index (κ1) is 9.39. The Hall–Kier alpha value is -2.17. The van der Waals surface area contributed by atoms with Crippen molar-refractivity contribution in [3.05, 3.63) is 36.0 Å². The summed E-state index contributed by atoms with van der Waals surface area (Å²) < 4.78 is 5.13. The molecule has 0 bridgehead atoms. The normalized spacial score (nSPS) is 10.2. The summed E-state index contributed by atoms with van der Waals surface area (Å²) in [5.41, 5.74) is 1.07. The van der Waals surface area contributed by atoms with Crippen LogP contribution >= 0.6 is 0 Å².